The summed E-state index contributed by atoms with van der Waals surface area (Å²) in [7, 11) is -3.87. The van der Waals surface area contributed by atoms with E-state index in [9.17, 15) is 8.42 Å². The summed E-state index contributed by atoms with van der Waals surface area (Å²) in [5, 5.41) is 0. The summed E-state index contributed by atoms with van der Waals surface area (Å²) in [6, 6.07) is 0. The first-order chi connectivity index (χ1) is 8.89. The van der Waals surface area contributed by atoms with E-state index in [1.165, 1.54) is 0 Å². The topological polar surface area (TPSA) is 87.6 Å². The summed E-state index contributed by atoms with van der Waals surface area (Å²) < 4.78 is 33.8. The summed E-state index contributed by atoms with van der Waals surface area (Å²) in [6.07, 6.45) is 7.11. The Balaban J connectivity index is 0. The van der Waals surface area contributed by atoms with Crippen molar-refractivity contribution in [1.29, 1.82) is 0 Å². The van der Waals surface area contributed by atoms with Crippen molar-refractivity contribution in [3.05, 3.63) is 0 Å². The van der Waals surface area contributed by atoms with Crippen molar-refractivity contribution in [2.45, 2.75) is 84.7 Å². The maximum absolute atomic E-state index is 11.8. The second-order valence-electron chi connectivity index (χ2n) is 5.32. The van der Waals surface area contributed by atoms with Crippen LogP contribution in [-0.4, -0.2) is 20.6 Å². The SMILES string of the molecule is CCCCOS(=O)(=O)OC(C)(CCCC)CCCC.N. The highest BCUT2D eigenvalue weighted by molar-refractivity contribution is 7.81. The fourth-order valence-corrected chi connectivity index (χ4v) is 2.92. The van der Waals surface area contributed by atoms with Crippen molar-refractivity contribution >= 4 is 10.4 Å². The summed E-state index contributed by atoms with van der Waals surface area (Å²) in [5.41, 5.74) is -0.628. The zero-order valence-electron chi connectivity index (χ0n) is 13.6. The molecule has 0 aromatic heterocycles. The smallest absolute Gasteiger partial charge is 0.344 e. The fourth-order valence-electron chi connectivity index (χ4n) is 1.89. The Labute approximate surface area is 125 Å². The molecule has 0 saturated carbocycles. The minimum absolute atomic E-state index is 0. The predicted molar refractivity (Wildman–Crippen MR) is 83.3 cm³/mol. The van der Waals surface area contributed by atoms with E-state index in [-0.39, 0.29) is 12.8 Å². The Hall–Kier alpha value is -0.170. The third-order valence-corrected chi connectivity index (χ3v) is 4.21. The average Bonchev–Trinajstić information content (AvgIpc) is 2.34. The van der Waals surface area contributed by atoms with Crippen LogP contribution >= 0.6 is 0 Å². The van der Waals surface area contributed by atoms with Gasteiger partial charge in [-0.25, -0.2) is 8.37 Å². The van der Waals surface area contributed by atoms with E-state index < -0.39 is 16.0 Å². The van der Waals surface area contributed by atoms with Gasteiger partial charge in [0.05, 0.1) is 12.2 Å². The van der Waals surface area contributed by atoms with E-state index >= 15 is 0 Å². The standard InChI is InChI=1S/C14H30O4S.H3N/c1-5-8-11-14(4,12-9-6-2)18-19(15,16)17-13-10-7-3;/h5-13H2,1-4H3;1H3. The van der Waals surface area contributed by atoms with Crippen molar-refractivity contribution in [3.63, 3.8) is 0 Å². The number of rotatable bonds is 12. The molecule has 20 heavy (non-hydrogen) atoms. The van der Waals surface area contributed by atoms with Crippen molar-refractivity contribution < 1.29 is 16.8 Å². The summed E-state index contributed by atoms with van der Waals surface area (Å²) in [5.74, 6) is 0. The Morgan fingerprint density at radius 3 is 1.75 bits per heavy atom. The van der Waals surface area contributed by atoms with Crippen LogP contribution in [0.2, 0.25) is 0 Å². The van der Waals surface area contributed by atoms with Gasteiger partial charge in [0, 0.05) is 0 Å². The molecule has 124 valence electrons. The van der Waals surface area contributed by atoms with Gasteiger partial charge in [0.2, 0.25) is 0 Å². The second kappa shape index (κ2) is 11.5. The van der Waals surface area contributed by atoms with Crippen LogP contribution in [0.5, 0.6) is 0 Å². The van der Waals surface area contributed by atoms with Gasteiger partial charge in [0.1, 0.15) is 0 Å². The zero-order chi connectivity index (χ0) is 14.8. The molecule has 0 radical (unpaired) electrons. The largest absolute Gasteiger partial charge is 0.400 e. The highest BCUT2D eigenvalue weighted by Crippen LogP contribution is 2.28. The lowest BCUT2D eigenvalue weighted by Gasteiger charge is -2.28. The number of hydrogen-bond acceptors (Lipinski definition) is 5. The van der Waals surface area contributed by atoms with Crippen LogP contribution in [0.25, 0.3) is 0 Å². The lowest BCUT2D eigenvalue weighted by atomic mass is 9.93. The lowest BCUT2D eigenvalue weighted by Crippen LogP contribution is -2.32. The molecular formula is C14H33NO4S. The summed E-state index contributed by atoms with van der Waals surface area (Å²) >= 11 is 0. The summed E-state index contributed by atoms with van der Waals surface area (Å²) in [6.45, 7) is 8.25. The zero-order valence-corrected chi connectivity index (χ0v) is 14.4. The summed E-state index contributed by atoms with van der Waals surface area (Å²) in [4.78, 5) is 0. The lowest BCUT2D eigenvalue weighted by molar-refractivity contribution is 0.0496. The molecule has 5 nitrogen and oxygen atoms in total. The molecule has 0 saturated heterocycles. The van der Waals surface area contributed by atoms with E-state index in [4.69, 9.17) is 8.37 Å². The van der Waals surface area contributed by atoms with Crippen molar-refractivity contribution in [3.8, 4) is 0 Å². The van der Waals surface area contributed by atoms with E-state index in [0.717, 1.165) is 51.4 Å². The Morgan fingerprint density at radius 2 is 1.35 bits per heavy atom. The molecule has 0 aliphatic heterocycles. The molecule has 0 spiro atoms. The van der Waals surface area contributed by atoms with Gasteiger partial charge >= 0.3 is 10.4 Å². The van der Waals surface area contributed by atoms with E-state index in [1.807, 2.05) is 13.8 Å². The highest BCUT2D eigenvalue weighted by Gasteiger charge is 2.31. The van der Waals surface area contributed by atoms with Gasteiger partial charge in [0.25, 0.3) is 0 Å². The molecule has 0 amide bonds. The van der Waals surface area contributed by atoms with Crippen LogP contribution in [-0.2, 0) is 18.8 Å². The van der Waals surface area contributed by atoms with Gasteiger partial charge in [-0.05, 0) is 26.2 Å². The number of unbranched alkanes of at least 4 members (excludes halogenated alkanes) is 3. The molecule has 3 N–H and O–H groups in total. The van der Waals surface area contributed by atoms with Gasteiger partial charge < -0.3 is 6.15 Å². The van der Waals surface area contributed by atoms with Crippen LogP contribution in [0.15, 0.2) is 0 Å². The Bertz CT molecular complexity index is 309. The fraction of sp³-hybridized carbons (Fsp3) is 1.00. The molecule has 0 aromatic rings. The first-order valence-corrected chi connectivity index (χ1v) is 8.82. The van der Waals surface area contributed by atoms with E-state index in [2.05, 4.69) is 13.8 Å². The highest BCUT2D eigenvalue weighted by atomic mass is 32.3. The molecule has 0 aliphatic carbocycles. The second-order valence-corrected chi connectivity index (χ2v) is 6.54. The molecule has 0 fully saturated rings. The molecule has 0 atom stereocenters. The van der Waals surface area contributed by atoms with Gasteiger partial charge in [-0.15, -0.1) is 0 Å². The quantitative estimate of drug-likeness (QED) is 0.541. The monoisotopic (exact) mass is 311 g/mol. The van der Waals surface area contributed by atoms with Gasteiger partial charge in [-0.1, -0.05) is 52.9 Å². The Morgan fingerprint density at radius 1 is 0.900 bits per heavy atom. The van der Waals surface area contributed by atoms with Gasteiger partial charge in [-0.2, -0.15) is 8.42 Å². The number of hydrogen-bond donors (Lipinski definition) is 1. The van der Waals surface area contributed by atoms with Crippen LogP contribution in [0.1, 0.15) is 79.1 Å². The molecule has 0 unspecified atom stereocenters. The van der Waals surface area contributed by atoms with Crippen molar-refractivity contribution in [1.82, 2.24) is 6.15 Å². The van der Waals surface area contributed by atoms with E-state index in [1.54, 1.807) is 0 Å². The van der Waals surface area contributed by atoms with Crippen LogP contribution in [0.3, 0.4) is 0 Å². The first-order valence-electron chi connectivity index (χ1n) is 7.49. The van der Waals surface area contributed by atoms with Gasteiger partial charge in [0.15, 0.2) is 0 Å². The minimum atomic E-state index is -3.87. The third-order valence-electron chi connectivity index (χ3n) is 3.15. The first kappa shape index (κ1) is 22.1. The van der Waals surface area contributed by atoms with E-state index in [0.29, 0.717) is 0 Å². The molecule has 6 heteroatoms. The van der Waals surface area contributed by atoms with Crippen LogP contribution < -0.4 is 6.15 Å². The predicted octanol–water partition coefficient (Wildman–Crippen LogP) is 4.37. The molecule has 0 bridgehead atoms. The van der Waals surface area contributed by atoms with Gasteiger partial charge in [-0.3, -0.25) is 0 Å². The average molecular weight is 311 g/mol. The molecule has 0 rings (SSSR count). The molecule has 0 heterocycles. The maximum Gasteiger partial charge on any atom is 0.400 e. The van der Waals surface area contributed by atoms with Crippen LogP contribution in [0.4, 0.5) is 0 Å². The molecular weight excluding hydrogens is 278 g/mol. The van der Waals surface area contributed by atoms with Crippen molar-refractivity contribution in [2.75, 3.05) is 6.61 Å². The minimum Gasteiger partial charge on any atom is -0.344 e. The normalized spacial score (nSPS) is 12.2. The Kier molecular flexibility index (Phi) is 12.7. The maximum atomic E-state index is 11.8. The molecule has 0 aliphatic rings. The van der Waals surface area contributed by atoms with Crippen LogP contribution in [0, 0.1) is 0 Å². The third kappa shape index (κ3) is 10.6. The van der Waals surface area contributed by atoms with Crippen molar-refractivity contribution in [2.24, 2.45) is 0 Å². The molecule has 0 aromatic carbocycles.